The molecule has 0 radical (unpaired) electrons. The molecule has 2 aliphatic rings. The number of anilines is 6. The van der Waals surface area contributed by atoms with Crippen molar-refractivity contribution < 1.29 is 8.81 Å². The normalized spacial score (nSPS) is 14.7. The summed E-state index contributed by atoms with van der Waals surface area (Å²) >= 11 is 0. The van der Waals surface area contributed by atoms with Gasteiger partial charge in [-0.3, -0.25) is 9.80 Å². The Bertz CT molecular complexity index is 3600. The molecule has 0 bridgehead atoms. The number of aryl methyl sites for hydroxylation is 2. The van der Waals surface area contributed by atoms with Crippen LogP contribution in [0.5, 0.6) is 0 Å². The first-order chi connectivity index (χ1) is 32.9. The summed E-state index contributed by atoms with van der Waals surface area (Å²) in [5.41, 5.74) is 17.2. The summed E-state index contributed by atoms with van der Waals surface area (Å²) in [6.45, 7) is 15.3. The van der Waals surface area contributed by atoms with Crippen LogP contribution in [0.15, 0.2) is 181 Å². The van der Waals surface area contributed by atoms with E-state index in [1.54, 1.807) is 12.1 Å². The highest BCUT2D eigenvalue weighted by Gasteiger charge is 2.53. The van der Waals surface area contributed by atoms with Crippen LogP contribution in [0.1, 0.15) is 85.0 Å². The number of halogens is 1. The molecule has 0 saturated heterocycles. The molecule has 1 atom stereocenters. The van der Waals surface area contributed by atoms with Gasteiger partial charge in [-0.15, -0.1) is 0 Å². The molecule has 3 heterocycles. The van der Waals surface area contributed by atoms with Gasteiger partial charge in [0.15, 0.2) is 0 Å². The topological polar surface area (TPSA) is 45.4 Å². The van der Waals surface area contributed by atoms with E-state index >= 15 is 4.39 Å². The first kappa shape index (κ1) is 41.6. The van der Waals surface area contributed by atoms with Crippen molar-refractivity contribution in [2.75, 3.05) is 9.80 Å². The third kappa shape index (κ3) is 6.27. The average Bonchev–Trinajstić information content (AvgIpc) is 3.97. The minimum absolute atomic E-state index is 0.0365. The van der Waals surface area contributed by atoms with Crippen LogP contribution in [0.4, 0.5) is 38.8 Å². The monoisotopic (exact) mass is 886 g/mol. The molecule has 0 amide bonds. The van der Waals surface area contributed by atoms with Crippen molar-refractivity contribution in [2.45, 2.75) is 65.2 Å². The van der Waals surface area contributed by atoms with Crippen LogP contribution in [0.25, 0.3) is 44.2 Å². The summed E-state index contributed by atoms with van der Waals surface area (Å²) in [5.74, 6) is 1.68. The fraction of sp³-hybridized carbons (Fsp3) is 0.161. The highest BCUT2D eigenvalue weighted by molar-refractivity contribution is 6.19. The second kappa shape index (κ2) is 15.4. The lowest BCUT2D eigenvalue weighted by molar-refractivity contribution is 0.590. The summed E-state index contributed by atoms with van der Waals surface area (Å²) in [7, 11) is 0. The molecule has 0 fully saturated rings. The maximum atomic E-state index is 16.3. The Balaban J connectivity index is 1.21. The van der Waals surface area contributed by atoms with Gasteiger partial charge in [0.05, 0.1) is 16.5 Å². The van der Waals surface area contributed by atoms with E-state index in [1.807, 2.05) is 24.5 Å². The number of fused-ring (bicyclic) bond motifs is 14. The van der Waals surface area contributed by atoms with E-state index in [9.17, 15) is 0 Å². The number of nitrogens with zero attached hydrogens (tertiary/aromatic N) is 4. The quantitative estimate of drug-likeness (QED) is 0.160. The van der Waals surface area contributed by atoms with Crippen molar-refractivity contribution in [2.24, 2.45) is 0 Å². The van der Waals surface area contributed by atoms with Crippen LogP contribution in [0, 0.1) is 19.7 Å². The van der Waals surface area contributed by atoms with Gasteiger partial charge in [0.2, 0.25) is 0 Å². The Morgan fingerprint density at radius 3 is 1.85 bits per heavy atom. The molecule has 1 unspecified atom stereocenters. The number of pyridine rings is 2. The second-order valence-corrected chi connectivity index (χ2v) is 19.9. The minimum atomic E-state index is -0.951. The lowest BCUT2D eigenvalue weighted by Gasteiger charge is -2.33. The first-order valence-electron chi connectivity index (χ1n) is 23.6. The molecule has 332 valence electrons. The van der Waals surface area contributed by atoms with Gasteiger partial charge in [0.1, 0.15) is 28.6 Å². The highest BCUT2D eigenvalue weighted by Crippen LogP contribution is 2.66. The van der Waals surface area contributed by atoms with Crippen LogP contribution in [0.2, 0.25) is 0 Å². The molecular formula is C62H51FN4O. The standard InChI is InChI=1S/C62H51FN4O/c1-37(2)40-18-23-43(24-19-40)66(56-30-16-38(3)35-64-56)45-27-29-48-52(33-45)62(50-14-10-8-12-46(50)47-28-22-42(63)32-51(47)62)53-34-54(59-49-13-9-11-15-55(49)68-60(59)58(48)53)67(57-31-17-39(4)36-65-57)44-25-20-41(21-26-44)61(5,6)7/h8-37H,1-7H3. The van der Waals surface area contributed by atoms with Gasteiger partial charge in [0.25, 0.3) is 0 Å². The average molecular weight is 887 g/mol. The molecule has 68 heavy (non-hydrogen) atoms. The SMILES string of the molecule is Cc1ccc(N(c2ccc(C(C)C)cc2)c2ccc3c(c2)C2(c4ccccc4-c4ccc(F)cc42)c2cc(N(c4ccc(C(C)(C)C)cc4)c4ccc(C)cn4)c4c(oc5ccccc54)c2-3)nc1. The third-order valence-corrected chi connectivity index (χ3v) is 14.3. The number of hydrogen-bond donors (Lipinski definition) is 0. The predicted molar refractivity (Wildman–Crippen MR) is 277 cm³/mol. The zero-order valence-electron chi connectivity index (χ0n) is 39.4. The van der Waals surface area contributed by atoms with Crippen molar-refractivity contribution in [3.8, 4) is 22.3 Å². The fourth-order valence-corrected chi connectivity index (χ4v) is 10.9. The van der Waals surface area contributed by atoms with Gasteiger partial charge in [-0.1, -0.05) is 126 Å². The van der Waals surface area contributed by atoms with Crippen LogP contribution < -0.4 is 9.80 Å². The first-order valence-corrected chi connectivity index (χ1v) is 23.6. The lowest BCUT2D eigenvalue weighted by atomic mass is 9.70. The Morgan fingerprint density at radius 2 is 1.16 bits per heavy atom. The molecule has 2 aliphatic carbocycles. The van der Waals surface area contributed by atoms with Gasteiger partial charge in [-0.05, 0) is 159 Å². The summed E-state index contributed by atoms with van der Waals surface area (Å²) in [4.78, 5) is 14.7. The summed E-state index contributed by atoms with van der Waals surface area (Å²) in [6, 6.07) is 57.5. The van der Waals surface area contributed by atoms with Crippen molar-refractivity contribution in [1.29, 1.82) is 0 Å². The molecule has 7 aromatic carbocycles. The molecule has 0 aliphatic heterocycles. The number of para-hydroxylation sites is 1. The van der Waals surface area contributed by atoms with Crippen LogP contribution in [0.3, 0.4) is 0 Å². The van der Waals surface area contributed by atoms with Crippen molar-refractivity contribution >= 4 is 56.3 Å². The maximum Gasteiger partial charge on any atom is 0.145 e. The van der Waals surface area contributed by atoms with E-state index in [4.69, 9.17) is 14.4 Å². The van der Waals surface area contributed by atoms with E-state index in [-0.39, 0.29) is 11.2 Å². The number of aromatic nitrogens is 2. The summed E-state index contributed by atoms with van der Waals surface area (Å²) in [6.07, 6.45) is 3.85. The summed E-state index contributed by atoms with van der Waals surface area (Å²) in [5, 5.41) is 1.98. The van der Waals surface area contributed by atoms with Crippen LogP contribution in [-0.2, 0) is 10.8 Å². The fourth-order valence-electron chi connectivity index (χ4n) is 10.9. The smallest absolute Gasteiger partial charge is 0.145 e. The van der Waals surface area contributed by atoms with Crippen molar-refractivity contribution in [1.82, 2.24) is 9.97 Å². The van der Waals surface area contributed by atoms with Gasteiger partial charge in [-0.2, -0.15) is 0 Å². The van der Waals surface area contributed by atoms with Crippen molar-refractivity contribution in [3.63, 3.8) is 0 Å². The van der Waals surface area contributed by atoms with Gasteiger partial charge < -0.3 is 4.42 Å². The molecule has 6 heteroatoms. The maximum absolute atomic E-state index is 16.3. The van der Waals surface area contributed by atoms with Gasteiger partial charge in [-0.25, -0.2) is 14.4 Å². The lowest BCUT2D eigenvalue weighted by Crippen LogP contribution is -2.27. The highest BCUT2D eigenvalue weighted by atomic mass is 19.1. The predicted octanol–water partition coefficient (Wildman–Crippen LogP) is 16.8. The molecule has 10 aromatic rings. The molecule has 1 spiro atoms. The van der Waals surface area contributed by atoms with Crippen LogP contribution in [-0.4, -0.2) is 9.97 Å². The third-order valence-electron chi connectivity index (χ3n) is 14.3. The van der Waals surface area contributed by atoms with Crippen molar-refractivity contribution in [3.05, 3.63) is 227 Å². The van der Waals surface area contributed by atoms with E-state index in [2.05, 4.69) is 198 Å². The molecule has 0 saturated carbocycles. The van der Waals surface area contributed by atoms with Gasteiger partial charge >= 0.3 is 0 Å². The number of furan rings is 1. The zero-order chi connectivity index (χ0) is 46.6. The molecule has 12 rings (SSSR count). The zero-order valence-corrected chi connectivity index (χ0v) is 39.4. The van der Waals surface area contributed by atoms with Crippen LogP contribution >= 0.6 is 0 Å². The number of rotatable bonds is 7. The summed E-state index contributed by atoms with van der Waals surface area (Å²) < 4.78 is 23.5. The number of benzene rings is 7. The van der Waals surface area contributed by atoms with E-state index in [0.29, 0.717) is 5.92 Å². The Morgan fingerprint density at radius 1 is 0.559 bits per heavy atom. The molecular weight excluding hydrogens is 836 g/mol. The number of hydrogen-bond acceptors (Lipinski definition) is 5. The molecule has 0 N–H and O–H groups in total. The minimum Gasteiger partial charge on any atom is -0.455 e. The van der Waals surface area contributed by atoms with Gasteiger partial charge in [0, 0.05) is 40.4 Å². The molecule has 5 nitrogen and oxygen atoms in total. The van der Waals surface area contributed by atoms with E-state index < -0.39 is 5.41 Å². The van der Waals surface area contributed by atoms with E-state index in [0.717, 1.165) is 112 Å². The Kier molecular flexibility index (Phi) is 9.39. The Hall–Kier alpha value is -7.83. The second-order valence-electron chi connectivity index (χ2n) is 19.9. The Labute approximate surface area is 397 Å². The molecule has 3 aromatic heterocycles. The largest absolute Gasteiger partial charge is 0.455 e. The van der Waals surface area contributed by atoms with E-state index in [1.165, 1.54) is 11.1 Å².